The lowest BCUT2D eigenvalue weighted by molar-refractivity contribution is 0.172. The van der Waals surface area contributed by atoms with Gasteiger partial charge in [0.15, 0.2) is 0 Å². The third kappa shape index (κ3) is 2.44. The quantitative estimate of drug-likeness (QED) is 0.771. The fraction of sp³-hybridized carbons (Fsp3) is 0.625. The van der Waals surface area contributed by atoms with Crippen molar-refractivity contribution >= 4 is 0 Å². The second kappa shape index (κ2) is 5.00. The molecule has 0 aromatic heterocycles. The third-order valence-corrected chi connectivity index (χ3v) is 4.46. The molecule has 1 aromatic rings. The number of benzene rings is 1. The lowest BCUT2D eigenvalue weighted by atomic mass is 9.99. The molecule has 1 unspecified atom stereocenters. The normalized spacial score (nSPS) is 23.0. The van der Waals surface area contributed by atoms with E-state index in [-0.39, 0.29) is 11.9 Å². The van der Waals surface area contributed by atoms with Crippen LogP contribution < -0.4 is 0 Å². The summed E-state index contributed by atoms with van der Waals surface area (Å²) in [6, 6.07) is 5.98. The number of halogens is 1. The van der Waals surface area contributed by atoms with Crippen molar-refractivity contribution in [2.75, 3.05) is 13.1 Å². The summed E-state index contributed by atoms with van der Waals surface area (Å²) in [5, 5.41) is 0. The Morgan fingerprint density at radius 3 is 2.56 bits per heavy atom. The van der Waals surface area contributed by atoms with Crippen LogP contribution in [0.15, 0.2) is 18.2 Å². The van der Waals surface area contributed by atoms with Crippen molar-refractivity contribution in [2.45, 2.75) is 51.0 Å². The maximum Gasteiger partial charge on any atom is 0.127 e. The first-order valence-electron chi connectivity index (χ1n) is 7.29. The van der Waals surface area contributed by atoms with Gasteiger partial charge in [-0.3, -0.25) is 4.90 Å². The summed E-state index contributed by atoms with van der Waals surface area (Å²) in [5.74, 6) is 0.676. The standard InChI is InChI=1S/C16H22FN/c1-12(18-9-3-2-4-10-18)15-11-14(13-5-6-13)7-8-16(15)17/h7-8,11-13H,2-6,9-10H2,1H3. The lowest BCUT2D eigenvalue weighted by Crippen LogP contribution is -2.32. The van der Waals surface area contributed by atoms with Crippen molar-refractivity contribution in [1.29, 1.82) is 0 Å². The second-order valence-electron chi connectivity index (χ2n) is 5.83. The van der Waals surface area contributed by atoms with Gasteiger partial charge < -0.3 is 0 Å². The molecule has 1 aliphatic carbocycles. The van der Waals surface area contributed by atoms with E-state index in [4.69, 9.17) is 0 Å². The molecule has 1 heterocycles. The van der Waals surface area contributed by atoms with E-state index >= 15 is 0 Å². The molecule has 0 spiro atoms. The van der Waals surface area contributed by atoms with Crippen LogP contribution in [0.2, 0.25) is 0 Å². The van der Waals surface area contributed by atoms with E-state index in [1.165, 1.54) is 37.7 Å². The summed E-state index contributed by atoms with van der Waals surface area (Å²) in [6.07, 6.45) is 6.41. The first kappa shape index (κ1) is 12.2. The van der Waals surface area contributed by atoms with Crippen molar-refractivity contribution in [3.63, 3.8) is 0 Å². The Bertz CT molecular complexity index is 419. The van der Waals surface area contributed by atoms with E-state index in [1.807, 2.05) is 6.07 Å². The van der Waals surface area contributed by atoms with Crippen molar-refractivity contribution in [1.82, 2.24) is 4.90 Å². The molecular weight excluding hydrogens is 225 g/mol. The van der Waals surface area contributed by atoms with Crippen molar-refractivity contribution in [3.8, 4) is 0 Å². The van der Waals surface area contributed by atoms with Crippen molar-refractivity contribution in [3.05, 3.63) is 35.1 Å². The number of rotatable bonds is 3. The van der Waals surface area contributed by atoms with Gasteiger partial charge in [-0.2, -0.15) is 0 Å². The van der Waals surface area contributed by atoms with E-state index in [0.717, 1.165) is 18.7 Å². The van der Waals surface area contributed by atoms with Gasteiger partial charge in [0.05, 0.1) is 0 Å². The van der Waals surface area contributed by atoms with Crippen LogP contribution in [0.25, 0.3) is 0 Å². The van der Waals surface area contributed by atoms with Crippen molar-refractivity contribution < 1.29 is 4.39 Å². The van der Waals surface area contributed by atoms with Crippen LogP contribution in [0, 0.1) is 5.82 Å². The maximum absolute atomic E-state index is 14.0. The Morgan fingerprint density at radius 2 is 1.89 bits per heavy atom. The van der Waals surface area contributed by atoms with Gasteiger partial charge in [-0.1, -0.05) is 18.6 Å². The zero-order chi connectivity index (χ0) is 12.5. The highest BCUT2D eigenvalue weighted by Gasteiger charge is 2.26. The minimum absolute atomic E-state index is 0.0301. The average molecular weight is 247 g/mol. The fourth-order valence-electron chi connectivity index (χ4n) is 3.06. The molecular formula is C16H22FN. The van der Waals surface area contributed by atoms with Crippen LogP contribution in [-0.4, -0.2) is 18.0 Å². The number of hydrogen-bond acceptors (Lipinski definition) is 1. The molecule has 2 aliphatic rings. The largest absolute Gasteiger partial charge is 0.297 e. The molecule has 1 aliphatic heterocycles. The van der Waals surface area contributed by atoms with E-state index in [1.54, 1.807) is 6.07 Å². The average Bonchev–Trinajstić information content (AvgIpc) is 3.24. The highest BCUT2D eigenvalue weighted by molar-refractivity contribution is 5.32. The first-order chi connectivity index (χ1) is 8.75. The number of likely N-dealkylation sites (tertiary alicyclic amines) is 1. The van der Waals surface area contributed by atoms with Crippen LogP contribution in [0.1, 0.15) is 62.1 Å². The maximum atomic E-state index is 14.0. The topological polar surface area (TPSA) is 3.24 Å². The Labute approximate surface area is 109 Å². The summed E-state index contributed by atoms with van der Waals surface area (Å²) in [7, 11) is 0. The Balaban J connectivity index is 1.82. The van der Waals surface area contributed by atoms with Crippen LogP contribution in [-0.2, 0) is 0 Å². The summed E-state index contributed by atoms with van der Waals surface area (Å²) in [6.45, 7) is 4.39. The van der Waals surface area contributed by atoms with Gasteiger partial charge >= 0.3 is 0 Å². The zero-order valence-electron chi connectivity index (χ0n) is 11.2. The molecule has 1 saturated carbocycles. The number of piperidine rings is 1. The minimum Gasteiger partial charge on any atom is -0.297 e. The molecule has 3 rings (SSSR count). The number of nitrogens with zero attached hydrogens (tertiary/aromatic N) is 1. The molecule has 0 N–H and O–H groups in total. The van der Waals surface area contributed by atoms with E-state index < -0.39 is 0 Å². The monoisotopic (exact) mass is 247 g/mol. The molecule has 1 atom stereocenters. The van der Waals surface area contributed by atoms with Gasteiger partial charge in [0.1, 0.15) is 5.82 Å². The lowest BCUT2D eigenvalue weighted by Gasteiger charge is -2.33. The smallest absolute Gasteiger partial charge is 0.127 e. The molecule has 1 nitrogen and oxygen atoms in total. The third-order valence-electron chi connectivity index (χ3n) is 4.46. The van der Waals surface area contributed by atoms with Crippen LogP contribution in [0.4, 0.5) is 4.39 Å². The van der Waals surface area contributed by atoms with Gasteiger partial charge in [-0.25, -0.2) is 4.39 Å². The van der Waals surface area contributed by atoms with Crippen LogP contribution >= 0.6 is 0 Å². The molecule has 98 valence electrons. The molecule has 0 radical (unpaired) electrons. The molecule has 0 bridgehead atoms. The molecule has 0 amide bonds. The fourth-order valence-corrected chi connectivity index (χ4v) is 3.06. The number of hydrogen-bond donors (Lipinski definition) is 0. The Morgan fingerprint density at radius 1 is 1.17 bits per heavy atom. The molecule has 2 fully saturated rings. The van der Waals surface area contributed by atoms with E-state index in [9.17, 15) is 4.39 Å². The summed E-state index contributed by atoms with van der Waals surface area (Å²) >= 11 is 0. The molecule has 1 saturated heterocycles. The second-order valence-corrected chi connectivity index (χ2v) is 5.83. The predicted molar refractivity (Wildman–Crippen MR) is 72.2 cm³/mol. The van der Waals surface area contributed by atoms with E-state index in [0.29, 0.717) is 5.92 Å². The van der Waals surface area contributed by atoms with E-state index in [2.05, 4.69) is 17.9 Å². The molecule has 2 heteroatoms. The zero-order valence-corrected chi connectivity index (χ0v) is 11.2. The van der Waals surface area contributed by atoms with Gasteiger partial charge in [0, 0.05) is 11.6 Å². The first-order valence-corrected chi connectivity index (χ1v) is 7.29. The van der Waals surface area contributed by atoms with Gasteiger partial charge in [-0.05, 0) is 63.2 Å². The molecule has 1 aromatic carbocycles. The van der Waals surface area contributed by atoms with Crippen molar-refractivity contribution in [2.24, 2.45) is 0 Å². The Hall–Kier alpha value is -0.890. The summed E-state index contributed by atoms with van der Waals surface area (Å²) in [4.78, 5) is 2.43. The molecule has 18 heavy (non-hydrogen) atoms. The van der Waals surface area contributed by atoms with Crippen LogP contribution in [0.5, 0.6) is 0 Å². The summed E-state index contributed by atoms with van der Waals surface area (Å²) in [5.41, 5.74) is 2.25. The SMILES string of the molecule is CC(c1cc(C2CC2)ccc1F)N1CCCCC1. The highest BCUT2D eigenvalue weighted by Crippen LogP contribution is 2.41. The highest BCUT2D eigenvalue weighted by atomic mass is 19.1. The van der Waals surface area contributed by atoms with Crippen LogP contribution in [0.3, 0.4) is 0 Å². The van der Waals surface area contributed by atoms with Gasteiger partial charge in [0.2, 0.25) is 0 Å². The van der Waals surface area contributed by atoms with Gasteiger partial charge in [0.25, 0.3) is 0 Å². The Kier molecular flexibility index (Phi) is 3.38. The summed E-state index contributed by atoms with van der Waals surface area (Å²) < 4.78 is 14.0. The predicted octanol–water partition coefficient (Wildman–Crippen LogP) is 4.25. The minimum atomic E-state index is -0.0301. The van der Waals surface area contributed by atoms with Gasteiger partial charge in [-0.15, -0.1) is 0 Å².